The molecule has 3 aromatic rings. The first-order chi connectivity index (χ1) is 15.6. The summed E-state index contributed by atoms with van der Waals surface area (Å²) in [5.41, 5.74) is 3.82. The number of fused-ring (bicyclic) bond motifs is 3. The third-order valence-corrected chi connectivity index (χ3v) is 6.34. The van der Waals surface area contributed by atoms with Gasteiger partial charge in [-0.05, 0) is 54.8 Å². The summed E-state index contributed by atoms with van der Waals surface area (Å²) in [4.78, 5) is 30.1. The molecule has 2 aliphatic rings. The van der Waals surface area contributed by atoms with E-state index in [1.807, 2.05) is 72.6 Å². The molecule has 32 heavy (non-hydrogen) atoms. The number of hydrogen-bond acceptors (Lipinski definition) is 3. The van der Waals surface area contributed by atoms with Gasteiger partial charge in [-0.25, -0.2) is 0 Å². The summed E-state index contributed by atoms with van der Waals surface area (Å²) in [7, 11) is 1.64. The first-order valence-corrected chi connectivity index (χ1v) is 11.1. The molecule has 1 atom stereocenters. The maximum atomic E-state index is 13.9. The molecule has 0 bridgehead atoms. The number of nitrogens with zero attached hydrogens (tertiary/aromatic N) is 3. The minimum atomic E-state index is -0.295. The van der Waals surface area contributed by atoms with Crippen molar-refractivity contribution >= 4 is 17.5 Å². The summed E-state index contributed by atoms with van der Waals surface area (Å²) in [6.07, 6.45) is 4.38. The molecule has 6 nitrogen and oxygen atoms in total. The zero-order valence-electron chi connectivity index (χ0n) is 18.4. The van der Waals surface area contributed by atoms with Gasteiger partial charge in [-0.15, -0.1) is 0 Å². The minimum absolute atomic E-state index is 0.0375. The van der Waals surface area contributed by atoms with Crippen LogP contribution < -0.4 is 9.64 Å². The third kappa shape index (κ3) is 3.45. The Balaban J connectivity index is 1.59. The van der Waals surface area contributed by atoms with Crippen LogP contribution in [-0.4, -0.2) is 41.0 Å². The summed E-state index contributed by atoms with van der Waals surface area (Å²) >= 11 is 0. The zero-order chi connectivity index (χ0) is 22.2. The number of hydrogen-bond donors (Lipinski definition) is 0. The van der Waals surface area contributed by atoms with Crippen LogP contribution in [0.2, 0.25) is 0 Å². The number of ether oxygens (including phenoxy) is 1. The van der Waals surface area contributed by atoms with Gasteiger partial charge >= 0.3 is 0 Å². The fourth-order valence-corrected chi connectivity index (χ4v) is 4.60. The number of carbonyl (C=O) groups excluding carboxylic acids is 2. The minimum Gasteiger partial charge on any atom is -0.497 e. The van der Waals surface area contributed by atoms with E-state index in [1.54, 1.807) is 12.0 Å². The maximum absolute atomic E-state index is 13.9. The van der Waals surface area contributed by atoms with Crippen molar-refractivity contribution in [3.05, 3.63) is 78.1 Å². The van der Waals surface area contributed by atoms with Crippen molar-refractivity contribution in [1.29, 1.82) is 0 Å². The number of anilines is 1. The molecule has 164 valence electrons. The highest BCUT2D eigenvalue weighted by Crippen LogP contribution is 2.42. The molecule has 1 aliphatic carbocycles. The summed E-state index contributed by atoms with van der Waals surface area (Å²) in [6.45, 7) is 1.95. The van der Waals surface area contributed by atoms with Crippen molar-refractivity contribution < 1.29 is 14.3 Å². The lowest BCUT2D eigenvalue weighted by Gasteiger charge is -2.39. The number of methoxy groups -OCH3 is 1. The van der Waals surface area contributed by atoms with Gasteiger partial charge in [-0.3, -0.25) is 14.5 Å². The van der Waals surface area contributed by atoms with Crippen LogP contribution in [0.15, 0.2) is 66.9 Å². The van der Waals surface area contributed by atoms with Crippen molar-refractivity contribution in [2.75, 3.05) is 18.6 Å². The summed E-state index contributed by atoms with van der Waals surface area (Å²) in [6, 6.07) is 19.8. The number of aromatic nitrogens is 1. The van der Waals surface area contributed by atoms with Gasteiger partial charge in [0.05, 0.1) is 24.2 Å². The van der Waals surface area contributed by atoms with Crippen LogP contribution in [-0.2, 0) is 9.59 Å². The Labute approximate surface area is 188 Å². The summed E-state index contributed by atoms with van der Waals surface area (Å²) in [5, 5.41) is 0. The average Bonchev–Trinajstić information content (AvgIpc) is 3.56. The molecule has 2 aromatic carbocycles. The van der Waals surface area contributed by atoms with Gasteiger partial charge in [0, 0.05) is 18.7 Å². The van der Waals surface area contributed by atoms with E-state index in [4.69, 9.17) is 4.74 Å². The molecule has 0 spiro atoms. The Hall–Kier alpha value is -3.54. The van der Waals surface area contributed by atoms with E-state index in [-0.39, 0.29) is 30.4 Å². The van der Waals surface area contributed by atoms with E-state index in [0.29, 0.717) is 6.42 Å². The molecule has 1 unspecified atom stereocenters. The number of para-hydroxylation sites is 2. The smallest absolute Gasteiger partial charge is 0.247 e. The SMILES string of the molecule is CCC(=O)N(CC(=O)N1c2ccccc2-n2cccc2C1c1ccc(OC)cc1)C1CC1. The monoisotopic (exact) mass is 429 g/mol. The molecule has 5 rings (SSSR count). The predicted octanol–water partition coefficient (Wildman–Crippen LogP) is 4.32. The van der Waals surface area contributed by atoms with Crippen LogP contribution in [0, 0.1) is 0 Å². The Bertz CT molecular complexity index is 1150. The molecule has 0 saturated heterocycles. The first kappa shape index (κ1) is 20.4. The second-order valence-corrected chi connectivity index (χ2v) is 8.34. The van der Waals surface area contributed by atoms with Gasteiger partial charge in [0.25, 0.3) is 0 Å². The standard InChI is InChI=1S/C26H27N3O3/c1-3-24(30)28(19-12-13-19)17-25(31)29-22-8-5-4-7-21(22)27-16-6-9-23(27)26(29)18-10-14-20(32-2)15-11-18/h4-11,14-16,19,26H,3,12-13,17H2,1-2H3. The van der Waals surface area contributed by atoms with Gasteiger partial charge in [0.15, 0.2) is 0 Å². The quantitative estimate of drug-likeness (QED) is 0.586. The van der Waals surface area contributed by atoms with Gasteiger partial charge in [0.1, 0.15) is 18.3 Å². The second-order valence-electron chi connectivity index (χ2n) is 8.34. The highest BCUT2D eigenvalue weighted by molar-refractivity contribution is 6.00. The summed E-state index contributed by atoms with van der Waals surface area (Å²) in [5.74, 6) is 0.738. The normalized spacial score (nSPS) is 16.8. The van der Waals surface area contributed by atoms with E-state index in [2.05, 4.69) is 10.6 Å². The first-order valence-electron chi connectivity index (χ1n) is 11.1. The highest BCUT2D eigenvalue weighted by Gasteiger charge is 2.39. The molecular weight excluding hydrogens is 402 g/mol. The van der Waals surface area contributed by atoms with E-state index in [9.17, 15) is 9.59 Å². The number of benzene rings is 2. The van der Waals surface area contributed by atoms with Crippen LogP contribution in [0.25, 0.3) is 5.69 Å². The Morgan fingerprint density at radius 3 is 2.38 bits per heavy atom. The third-order valence-electron chi connectivity index (χ3n) is 6.34. The Morgan fingerprint density at radius 2 is 1.72 bits per heavy atom. The summed E-state index contributed by atoms with van der Waals surface area (Å²) < 4.78 is 7.48. The lowest BCUT2D eigenvalue weighted by Crippen LogP contribution is -2.47. The molecule has 1 fully saturated rings. The van der Waals surface area contributed by atoms with E-state index in [1.165, 1.54) is 0 Å². The van der Waals surface area contributed by atoms with Gasteiger partial charge in [-0.1, -0.05) is 31.2 Å². The van der Waals surface area contributed by atoms with Crippen molar-refractivity contribution in [2.45, 2.75) is 38.3 Å². The zero-order valence-corrected chi connectivity index (χ0v) is 18.4. The van der Waals surface area contributed by atoms with E-state index >= 15 is 0 Å². The fraction of sp³-hybridized carbons (Fsp3) is 0.308. The average molecular weight is 430 g/mol. The van der Waals surface area contributed by atoms with Gasteiger partial charge in [-0.2, -0.15) is 0 Å². The molecule has 2 heterocycles. The number of carbonyl (C=O) groups is 2. The number of rotatable bonds is 6. The predicted molar refractivity (Wildman–Crippen MR) is 123 cm³/mol. The van der Waals surface area contributed by atoms with Crippen LogP contribution in [0.5, 0.6) is 5.75 Å². The van der Waals surface area contributed by atoms with E-state index < -0.39 is 0 Å². The van der Waals surface area contributed by atoms with Crippen LogP contribution >= 0.6 is 0 Å². The fourth-order valence-electron chi connectivity index (χ4n) is 4.60. The lowest BCUT2D eigenvalue weighted by atomic mass is 9.97. The second kappa shape index (κ2) is 8.19. The molecule has 0 radical (unpaired) electrons. The van der Waals surface area contributed by atoms with Gasteiger partial charge in [0.2, 0.25) is 11.8 Å². The molecule has 0 N–H and O–H groups in total. The molecule has 1 saturated carbocycles. The van der Waals surface area contributed by atoms with Crippen molar-refractivity contribution in [2.24, 2.45) is 0 Å². The van der Waals surface area contributed by atoms with Crippen molar-refractivity contribution in [1.82, 2.24) is 9.47 Å². The van der Waals surface area contributed by atoms with Crippen LogP contribution in [0.4, 0.5) is 5.69 Å². The van der Waals surface area contributed by atoms with Crippen LogP contribution in [0.1, 0.15) is 43.5 Å². The van der Waals surface area contributed by atoms with Crippen molar-refractivity contribution in [3.63, 3.8) is 0 Å². The topological polar surface area (TPSA) is 54.8 Å². The lowest BCUT2D eigenvalue weighted by molar-refractivity contribution is -0.135. The highest BCUT2D eigenvalue weighted by atomic mass is 16.5. The van der Waals surface area contributed by atoms with E-state index in [0.717, 1.165) is 41.2 Å². The molecule has 6 heteroatoms. The van der Waals surface area contributed by atoms with Crippen molar-refractivity contribution in [3.8, 4) is 11.4 Å². The Morgan fingerprint density at radius 1 is 1.00 bits per heavy atom. The van der Waals surface area contributed by atoms with Gasteiger partial charge < -0.3 is 14.2 Å². The molecule has 1 aromatic heterocycles. The molecule has 2 amide bonds. The molecular formula is C26H27N3O3. The van der Waals surface area contributed by atoms with Crippen LogP contribution in [0.3, 0.4) is 0 Å². The molecule has 1 aliphatic heterocycles. The number of amides is 2. The Kier molecular flexibility index (Phi) is 5.21. The maximum Gasteiger partial charge on any atom is 0.247 e. The largest absolute Gasteiger partial charge is 0.497 e.